The van der Waals surface area contributed by atoms with Crippen molar-refractivity contribution in [1.29, 1.82) is 0 Å². The maximum absolute atomic E-state index is 12.6. The second kappa shape index (κ2) is 9.01. The van der Waals surface area contributed by atoms with Crippen molar-refractivity contribution < 1.29 is 14.3 Å². The van der Waals surface area contributed by atoms with Gasteiger partial charge in [-0.25, -0.2) is 4.98 Å². The fourth-order valence-electron chi connectivity index (χ4n) is 3.02. The number of hydrogen-bond donors (Lipinski definition) is 0. The van der Waals surface area contributed by atoms with E-state index in [4.69, 9.17) is 4.74 Å². The summed E-state index contributed by atoms with van der Waals surface area (Å²) < 4.78 is 5.83. The molecule has 3 aromatic rings. The smallest absolute Gasteiger partial charge is 0.263 e. The van der Waals surface area contributed by atoms with E-state index in [1.54, 1.807) is 25.8 Å². The molecule has 1 heterocycles. The van der Waals surface area contributed by atoms with Crippen molar-refractivity contribution in [2.45, 2.75) is 33.4 Å². The van der Waals surface area contributed by atoms with Gasteiger partial charge in [-0.2, -0.15) is 0 Å². The van der Waals surface area contributed by atoms with Crippen LogP contribution in [0.25, 0.3) is 10.6 Å². The van der Waals surface area contributed by atoms with Crippen LogP contribution in [0.1, 0.15) is 34.8 Å². The first-order valence-electron chi connectivity index (χ1n) is 9.39. The van der Waals surface area contributed by atoms with Gasteiger partial charge in [-0.05, 0) is 43.7 Å². The van der Waals surface area contributed by atoms with Crippen LogP contribution in [0.5, 0.6) is 5.75 Å². The summed E-state index contributed by atoms with van der Waals surface area (Å²) in [6.07, 6.45) is -0.596. The van der Waals surface area contributed by atoms with Gasteiger partial charge in [-0.3, -0.25) is 9.59 Å². The van der Waals surface area contributed by atoms with Gasteiger partial charge in [0.15, 0.2) is 11.9 Å². The molecular weight excluding hydrogens is 384 g/mol. The zero-order chi connectivity index (χ0) is 21.0. The average Bonchev–Trinajstić information content (AvgIpc) is 3.10. The lowest BCUT2D eigenvalue weighted by Crippen LogP contribution is -2.37. The Labute approximate surface area is 175 Å². The molecule has 1 aromatic heterocycles. The summed E-state index contributed by atoms with van der Waals surface area (Å²) in [5.74, 6) is 0.556. The van der Waals surface area contributed by atoms with Crippen LogP contribution in [0.3, 0.4) is 0 Å². The number of nitrogens with zero attached hydrogens (tertiary/aromatic N) is 2. The molecule has 0 bridgehead atoms. The van der Waals surface area contributed by atoms with Gasteiger partial charge >= 0.3 is 0 Å². The van der Waals surface area contributed by atoms with E-state index in [0.717, 1.165) is 21.8 Å². The number of hydrogen-bond acceptors (Lipinski definition) is 5. The van der Waals surface area contributed by atoms with E-state index in [0.29, 0.717) is 17.2 Å². The number of amides is 1. The van der Waals surface area contributed by atoms with Gasteiger partial charge in [0, 0.05) is 26.1 Å². The molecule has 29 heavy (non-hydrogen) atoms. The van der Waals surface area contributed by atoms with E-state index in [2.05, 4.69) is 4.98 Å². The van der Waals surface area contributed by atoms with Crippen LogP contribution in [-0.4, -0.2) is 34.7 Å². The summed E-state index contributed by atoms with van der Waals surface area (Å²) in [5, 5.41) is 0.797. The minimum absolute atomic E-state index is 0.0261. The third kappa shape index (κ3) is 5.09. The Morgan fingerprint density at radius 2 is 1.76 bits per heavy atom. The van der Waals surface area contributed by atoms with Crippen LogP contribution in [0.2, 0.25) is 0 Å². The predicted octanol–water partition coefficient (Wildman–Crippen LogP) is 4.75. The molecule has 0 saturated heterocycles. The Morgan fingerprint density at radius 3 is 2.34 bits per heavy atom. The minimum Gasteiger partial charge on any atom is -0.481 e. The van der Waals surface area contributed by atoms with Crippen LogP contribution < -0.4 is 4.74 Å². The highest BCUT2D eigenvalue weighted by molar-refractivity contribution is 7.17. The number of aromatic nitrogens is 1. The first-order valence-corrected chi connectivity index (χ1v) is 10.2. The van der Waals surface area contributed by atoms with E-state index in [1.807, 2.05) is 61.5 Å². The molecule has 0 spiro atoms. The van der Waals surface area contributed by atoms with Gasteiger partial charge in [0.05, 0.1) is 10.6 Å². The summed E-state index contributed by atoms with van der Waals surface area (Å²) in [6.45, 7) is 5.68. The van der Waals surface area contributed by atoms with Gasteiger partial charge in [-0.1, -0.05) is 30.3 Å². The molecule has 5 nitrogen and oxygen atoms in total. The van der Waals surface area contributed by atoms with Crippen molar-refractivity contribution in [2.75, 3.05) is 7.05 Å². The van der Waals surface area contributed by atoms with Gasteiger partial charge in [-0.15, -0.1) is 11.3 Å². The lowest BCUT2D eigenvalue weighted by Gasteiger charge is -2.22. The third-order valence-corrected chi connectivity index (χ3v) is 5.82. The molecule has 0 aliphatic carbocycles. The SMILES string of the molecule is CC(=O)c1sc(-c2ccc(O[C@@H](C)C(=O)N(C)Cc3ccccc3)cc2)nc1C. The van der Waals surface area contributed by atoms with E-state index >= 15 is 0 Å². The van der Waals surface area contributed by atoms with Gasteiger partial charge in [0.2, 0.25) is 0 Å². The van der Waals surface area contributed by atoms with Gasteiger partial charge in [0.25, 0.3) is 5.91 Å². The average molecular weight is 409 g/mol. The van der Waals surface area contributed by atoms with Gasteiger partial charge in [0.1, 0.15) is 10.8 Å². The van der Waals surface area contributed by atoms with Crippen molar-refractivity contribution in [3.05, 3.63) is 70.7 Å². The maximum atomic E-state index is 12.6. The highest BCUT2D eigenvalue weighted by Crippen LogP contribution is 2.29. The number of aryl methyl sites for hydroxylation is 1. The zero-order valence-corrected chi connectivity index (χ0v) is 17.8. The molecule has 1 atom stereocenters. The molecular formula is C23H24N2O3S. The van der Waals surface area contributed by atoms with Crippen molar-refractivity contribution in [1.82, 2.24) is 9.88 Å². The van der Waals surface area contributed by atoms with E-state index in [9.17, 15) is 9.59 Å². The third-order valence-electron chi connectivity index (χ3n) is 4.52. The highest BCUT2D eigenvalue weighted by atomic mass is 32.1. The maximum Gasteiger partial charge on any atom is 0.263 e. The molecule has 1 amide bonds. The summed E-state index contributed by atoms with van der Waals surface area (Å²) in [5.41, 5.74) is 2.74. The standard InChI is InChI=1S/C23H24N2O3S/c1-15-21(16(2)26)29-22(24-15)19-10-12-20(13-11-19)28-17(3)23(27)25(4)14-18-8-6-5-7-9-18/h5-13,17H,14H2,1-4H3/t17-/m0/s1. The summed E-state index contributed by atoms with van der Waals surface area (Å²) in [4.78, 5) is 31.1. The van der Waals surface area contributed by atoms with Crippen molar-refractivity contribution in [2.24, 2.45) is 0 Å². The first-order chi connectivity index (χ1) is 13.8. The molecule has 0 aliphatic rings. The Kier molecular flexibility index (Phi) is 6.44. The Hall–Kier alpha value is -2.99. The number of Topliss-reactive ketones (excluding diaryl/α,β-unsaturated/α-hetero) is 1. The molecule has 3 rings (SSSR count). The van der Waals surface area contributed by atoms with Crippen molar-refractivity contribution >= 4 is 23.0 Å². The highest BCUT2D eigenvalue weighted by Gasteiger charge is 2.19. The molecule has 0 N–H and O–H groups in total. The molecule has 6 heteroatoms. The number of likely N-dealkylation sites (N-methyl/N-ethyl adjacent to an activating group) is 1. The Bertz CT molecular complexity index is 997. The molecule has 0 radical (unpaired) electrons. The zero-order valence-electron chi connectivity index (χ0n) is 17.0. The lowest BCUT2D eigenvalue weighted by molar-refractivity contribution is -0.137. The van der Waals surface area contributed by atoms with Crippen LogP contribution in [0.4, 0.5) is 0 Å². The summed E-state index contributed by atoms with van der Waals surface area (Å²) >= 11 is 1.39. The van der Waals surface area contributed by atoms with Crippen LogP contribution in [-0.2, 0) is 11.3 Å². The topological polar surface area (TPSA) is 59.5 Å². The first kappa shape index (κ1) is 20.7. The largest absolute Gasteiger partial charge is 0.481 e. The summed E-state index contributed by atoms with van der Waals surface area (Å²) in [6, 6.07) is 17.3. The van der Waals surface area contributed by atoms with Crippen molar-refractivity contribution in [3.8, 4) is 16.3 Å². The second-order valence-electron chi connectivity index (χ2n) is 6.95. The number of carbonyl (C=O) groups is 2. The van der Waals surface area contributed by atoms with Crippen LogP contribution >= 0.6 is 11.3 Å². The number of ketones is 1. The molecule has 150 valence electrons. The molecule has 2 aromatic carbocycles. The number of rotatable bonds is 7. The van der Waals surface area contributed by atoms with Crippen molar-refractivity contribution in [3.63, 3.8) is 0 Å². The normalized spacial score (nSPS) is 11.7. The number of thiazole rings is 1. The fourth-order valence-corrected chi connectivity index (χ4v) is 3.99. The van der Waals surface area contributed by atoms with Gasteiger partial charge < -0.3 is 9.64 Å². The monoisotopic (exact) mass is 408 g/mol. The second-order valence-corrected chi connectivity index (χ2v) is 7.95. The quantitative estimate of drug-likeness (QED) is 0.530. The van der Waals surface area contributed by atoms with E-state index in [-0.39, 0.29) is 11.7 Å². The number of benzene rings is 2. The predicted molar refractivity (Wildman–Crippen MR) is 115 cm³/mol. The lowest BCUT2D eigenvalue weighted by atomic mass is 10.2. The number of carbonyl (C=O) groups excluding carboxylic acids is 2. The molecule has 0 aliphatic heterocycles. The Balaban J connectivity index is 1.63. The molecule has 0 saturated carbocycles. The minimum atomic E-state index is -0.596. The van der Waals surface area contributed by atoms with Crippen LogP contribution in [0.15, 0.2) is 54.6 Å². The van der Waals surface area contributed by atoms with E-state index in [1.165, 1.54) is 11.3 Å². The molecule has 0 fully saturated rings. The summed E-state index contributed by atoms with van der Waals surface area (Å²) in [7, 11) is 1.77. The van der Waals surface area contributed by atoms with E-state index < -0.39 is 6.10 Å². The molecule has 0 unspecified atom stereocenters. The fraction of sp³-hybridized carbons (Fsp3) is 0.261. The Morgan fingerprint density at radius 1 is 1.10 bits per heavy atom. The number of ether oxygens (including phenoxy) is 1. The van der Waals surface area contributed by atoms with Crippen LogP contribution in [0, 0.1) is 6.92 Å².